The Hall–Kier alpha value is 0.500. The van der Waals surface area contributed by atoms with E-state index in [1.165, 1.54) is 38.5 Å². The van der Waals surface area contributed by atoms with E-state index in [4.69, 9.17) is 4.74 Å². The highest BCUT2D eigenvalue weighted by Crippen LogP contribution is 2.44. The fourth-order valence-electron chi connectivity index (χ4n) is 4.85. The van der Waals surface area contributed by atoms with Crippen LogP contribution in [0, 0.1) is 29.4 Å². The Balaban J connectivity index is 1.59. The topological polar surface area (TPSA) is 9.23 Å². The van der Waals surface area contributed by atoms with Crippen LogP contribution in [0.3, 0.4) is 0 Å². The predicted octanol–water partition coefficient (Wildman–Crippen LogP) is 3.59. The van der Waals surface area contributed by atoms with E-state index in [-0.39, 0.29) is 14.6 Å². The van der Waals surface area contributed by atoms with Gasteiger partial charge in [-0.1, -0.05) is 31.9 Å². The minimum atomic E-state index is -0.718. The molecule has 1 atom stereocenters. The van der Waals surface area contributed by atoms with Gasteiger partial charge in [0.15, 0.2) is 11.6 Å². The van der Waals surface area contributed by atoms with Gasteiger partial charge in [0.1, 0.15) is 0 Å². The second-order valence-electron chi connectivity index (χ2n) is 8.16. The standard InChI is InChI=1S/C21H29F2I2O/c1-13-2-4-14(5-3-13)15-6-8-16(9-7-15)18-11-10-17(12-26-21(24)25)19(22)20(18)23/h10-11,13-16,21,24H,2-9,12H2,1H3/q+1. The maximum atomic E-state index is 14.6. The van der Waals surface area contributed by atoms with E-state index in [0.29, 0.717) is 11.1 Å². The molecule has 2 fully saturated rings. The number of rotatable bonds is 5. The summed E-state index contributed by atoms with van der Waals surface area (Å²) in [6, 6.07) is 3.51. The van der Waals surface area contributed by atoms with Crippen molar-refractivity contribution in [1.29, 1.82) is 0 Å². The van der Waals surface area contributed by atoms with Crippen LogP contribution < -0.4 is 22.6 Å². The first-order chi connectivity index (χ1) is 12.5. The molecular formula is C21H29F2I2O+. The fraction of sp³-hybridized carbons (Fsp3) is 0.714. The summed E-state index contributed by atoms with van der Waals surface area (Å²) in [6.07, 6.45) is 9.79. The SMILES string of the molecule is CC1CCC(C2CCC(c3ccc(COC(I)[IH+])c(F)c3F)CC2)CC1. The molecule has 1 aromatic rings. The van der Waals surface area contributed by atoms with E-state index in [1.54, 1.807) is 12.1 Å². The van der Waals surface area contributed by atoms with Gasteiger partial charge in [0.05, 0.1) is 6.61 Å². The van der Waals surface area contributed by atoms with E-state index in [2.05, 4.69) is 29.5 Å². The Morgan fingerprint density at radius 3 is 2.15 bits per heavy atom. The summed E-state index contributed by atoms with van der Waals surface area (Å²) < 4.78 is 34.5. The fourth-order valence-corrected chi connectivity index (χ4v) is 5.22. The van der Waals surface area contributed by atoms with Gasteiger partial charge >= 0.3 is 2.12 Å². The largest absolute Gasteiger partial charge is 0.323 e. The monoisotopic (exact) mass is 589 g/mol. The van der Waals surface area contributed by atoms with Crippen LogP contribution in [0.2, 0.25) is 0 Å². The molecule has 2 aliphatic rings. The lowest BCUT2D eigenvalue weighted by Gasteiger charge is -2.37. The molecule has 0 N–H and O–H groups in total. The molecule has 0 spiro atoms. The molecule has 2 saturated carbocycles. The Morgan fingerprint density at radius 1 is 1.00 bits per heavy atom. The highest BCUT2D eigenvalue weighted by molar-refractivity contribution is 14.1. The molecule has 1 nitrogen and oxygen atoms in total. The lowest BCUT2D eigenvalue weighted by molar-refractivity contribution is -0.446. The molecule has 2 aliphatic carbocycles. The molecule has 0 bridgehead atoms. The van der Waals surface area contributed by atoms with Gasteiger partial charge in [0.2, 0.25) is 0 Å². The van der Waals surface area contributed by atoms with Crippen LogP contribution in [-0.2, 0) is 11.3 Å². The minimum absolute atomic E-state index is 0.0106. The quantitative estimate of drug-likeness (QED) is 0.377. The summed E-state index contributed by atoms with van der Waals surface area (Å²) in [5.74, 6) is 1.35. The van der Waals surface area contributed by atoms with E-state index < -0.39 is 11.6 Å². The summed E-state index contributed by atoms with van der Waals surface area (Å²) in [6.45, 7) is 2.49. The minimum Gasteiger partial charge on any atom is -0.323 e. The van der Waals surface area contributed by atoms with Crippen LogP contribution in [0.25, 0.3) is 0 Å². The predicted molar refractivity (Wildman–Crippen MR) is 106 cm³/mol. The lowest BCUT2D eigenvalue weighted by Crippen LogP contribution is -3.38. The third-order valence-electron chi connectivity index (χ3n) is 6.50. The molecule has 146 valence electrons. The highest BCUT2D eigenvalue weighted by atomic mass is 127. The summed E-state index contributed by atoms with van der Waals surface area (Å²) in [7, 11) is 0. The van der Waals surface area contributed by atoms with Crippen molar-refractivity contribution in [2.24, 2.45) is 17.8 Å². The molecule has 0 aromatic heterocycles. The zero-order valence-corrected chi connectivity index (χ0v) is 19.8. The molecule has 1 unspecified atom stereocenters. The highest BCUT2D eigenvalue weighted by Gasteiger charge is 2.31. The van der Waals surface area contributed by atoms with Crippen molar-refractivity contribution in [1.82, 2.24) is 0 Å². The maximum Gasteiger partial charge on any atom is 0.300 e. The van der Waals surface area contributed by atoms with Crippen molar-refractivity contribution in [3.63, 3.8) is 0 Å². The second kappa shape index (κ2) is 9.81. The molecule has 0 saturated heterocycles. The molecule has 3 rings (SSSR count). The van der Waals surface area contributed by atoms with Gasteiger partial charge < -0.3 is 4.74 Å². The molecule has 0 heterocycles. The van der Waals surface area contributed by atoms with Crippen molar-refractivity contribution in [2.75, 3.05) is 0 Å². The maximum absolute atomic E-state index is 14.6. The van der Waals surface area contributed by atoms with Gasteiger partial charge in [-0.2, -0.15) is 0 Å². The van der Waals surface area contributed by atoms with Gasteiger partial charge in [-0.05, 0) is 67.8 Å². The second-order valence-corrected chi connectivity index (χ2v) is 13.1. The third kappa shape index (κ3) is 5.31. The Kier molecular flexibility index (Phi) is 8.00. The summed E-state index contributed by atoms with van der Waals surface area (Å²) in [5, 5.41) is 0. The number of ether oxygens (including phenoxy) is 1. The van der Waals surface area contributed by atoms with Crippen molar-refractivity contribution < 1.29 is 36.1 Å². The average molecular weight is 589 g/mol. The normalized spacial score (nSPS) is 31.0. The smallest absolute Gasteiger partial charge is 0.300 e. The molecular weight excluding hydrogens is 560 g/mol. The zero-order valence-electron chi connectivity index (χ0n) is 15.4. The number of benzene rings is 1. The van der Waals surface area contributed by atoms with Crippen LogP contribution in [-0.4, -0.2) is 2.12 Å². The van der Waals surface area contributed by atoms with Crippen LogP contribution in [0.5, 0.6) is 0 Å². The van der Waals surface area contributed by atoms with E-state index in [9.17, 15) is 8.78 Å². The van der Waals surface area contributed by atoms with Gasteiger partial charge in [0.25, 0.3) is 22.6 Å². The number of halogens is 4. The molecule has 0 radical (unpaired) electrons. The van der Waals surface area contributed by atoms with Crippen molar-refractivity contribution in [3.05, 3.63) is 34.9 Å². The molecule has 26 heavy (non-hydrogen) atoms. The van der Waals surface area contributed by atoms with Crippen LogP contribution >= 0.6 is 22.6 Å². The summed E-state index contributed by atoms with van der Waals surface area (Å²) >= 11 is 3.93. The summed E-state index contributed by atoms with van der Waals surface area (Å²) in [4.78, 5) is 0. The first-order valence-corrected chi connectivity index (χ1v) is 12.4. The molecule has 0 amide bonds. The molecule has 5 heteroatoms. The van der Waals surface area contributed by atoms with Crippen molar-refractivity contribution in [2.45, 2.75) is 72.9 Å². The van der Waals surface area contributed by atoms with E-state index in [1.807, 2.05) is 22.6 Å². The average Bonchev–Trinajstić information content (AvgIpc) is 2.64. The number of alkyl halides is 2. The van der Waals surface area contributed by atoms with Gasteiger partial charge in [-0.3, -0.25) is 0 Å². The van der Waals surface area contributed by atoms with Crippen molar-refractivity contribution in [3.8, 4) is 0 Å². The lowest BCUT2D eigenvalue weighted by atomic mass is 9.68. The number of hydrogen-bond acceptors (Lipinski definition) is 1. The Morgan fingerprint density at radius 2 is 1.58 bits per heavy atom. The molecule has 0 aliphatic heterocycles. The Labute approximate surface area is 183 Å². The van der Waals surface area contributed by atoms with E-state index >= 15 is 0 Å². The molecule has 1 aromatic carbocycles. The van der Waals surface area contributed by atoms with Crippen molar-refractivity contribution >= 4 is 22.6 Å². The van der Waals surface area contributed by atoms with Crippen LogP contribution in [0.15, 0.2) is 12.1 Å². The first kappa shape index (κ1) is 21.2. The first-order valence-electron chi connectivity index (χ1n) is 9.84. The Bertz CT molecular complexity index is 592. The van der Waals surface area contributed by atoms with Gasteiger partial charge in [-0.25, -0.2) is 8.78 Å². The number of hydrogen-bond donors (Lipinski definition) is 0. The van der Waals surface area contributed by atoms with Gasteiger partial charge in [-0.15, -0.1) is 0 Å². The van der Waals surface area contributed by atoms with Crippen LogP contribution in [0.4, 0.5) is 8.78 Å². The van der Waals surface area contributed by atoms with Crippen LogP contribution in [0.1, 0.15) is 75.3 Å². The summed E-state index contributed by atoms with van der Waals surface area (Å²) in [5.41, 5.74) is 0.895. The zero-order chi connectivity index (χ0) is 18.7. The van der Waals surface area contributed by atoms with E-state index in [0.717, 1.165) is 30.6 Å². The third-order valence-corrected chi connectivity index (χ3v) is 7.25. The van der Waals surface area contributed by atoms with Gasteiger partial charge in [0, 0.05) is 28.2 Å².